The zero-order valence-electron chi connectivity index (χ0n) is 9.40. The maximum absolute atomic E-state index is 5.72. The van der Waals surface area contributed by atoms with Crippen molar-refractivity contribution < 1.29 is 4.74 Å². The van der Waals surface area contributed by atoms with Gasteiger partial charge >= 0.3 is 0 Å². The van der Waals surface area contributed by atoms with Gasteiger partial charge in [-0.1, -0.05) is 32.0 Å². The SMILES string of the molecule is CC(C)COCC1CSc2ccccc21. The monoisotopic (exact) mass is 222 g/mol. The van der Waals surface area contributed by atoms with Gasteiger partial charge in [-0.3, -0.25) is 0 Å². The highest BCUT2D eigenvalue weighted by molar-refractivity contribution is 7.99. The van der Waals surface area contributed by atoms with Crippen LogP contribution in [0.2, 0.25) is 0 Å². The van der Waals surface area contributed by atoms with E-state index in [4.69, 9.17) is 4.74 Å². The lowest BCUT2D eigenvalue weighted by Crippen LogP contribution is -2.10. The van der Waals surface area contributed by atoms with Gasteiger partial charge in [-0.2, -0.15) is 0 Å². The number of hydrogen-bond acceptors (Lipinski definition) is 2. The van der Waals surface area contributed by atoms with Gasteiger partial charge in [-0.25, -0.2) is 0 Å². The Bertz CT molecular complexity index is 322. The number of ether oxygens (including phenoxy) is 1. The molecule has 1 aromatic rings. The molecule has 0 radical (unpaired) electrons. The molecule has 0 amide bonds. The van der Waals surface area contributed by atoms with Crippen molar-refractivity contribution >= 4 is 11.8 Å². The quantitative estimate of drug-likeness (QED) is 0.770. The van der Waals surface area contributed by atoms with Crippen LogP contribution in [0.25, 0.3) is 0 Å². The van der Waals surface area contributed by atoms with Crippen molar-refractivity contribution in [2.75, 3.05) is 19.0 Å². The smallest absolute Gasteiger partial charge is 0.0543 e. The Morgan fingerprint density at radius 2 is 2.20 bits per heavy atom. The largest absolute Gasteiger partial charge is 0.381 e. The van der Waals surface area contributed by atoms with Gasteiger partial charge in [0, 0.05) is 23.2 Å². The fourth-order valence-corrected chi connectivity index (χ4v) is 3.05. The number of hydrogen-bond donors (Lipinski definition) is 0. The highest BCUT2D eigenvalue weighted by Crippen LogP contribution is 2.39. The lowest BCUT2D eigenvalue weighted by atomic mass is 10.0. The van der Waals surface area contributed by atoms with Crippen LogP contribution in [0.4, 0.5) is 0 Å². The van der Waals surface area contributed by atoms with Crippen LogP contribution in [-0.4, -0.2) is 19.0 Å². The van der Waals surface area contributed by atoms with Gasteiger partial charge in [0.1, 0.15) is 0 Å². The summed E-state index contributed by atoms with van der Waals surface area (Å²) < 4.78 is 5.72. The van der Waals surface area contributed by atoms with E-state index in [2.05, 4.69) is 38.1 Å². The molecule has 2 rings (SSSR count). The molecule has 0 aromatic heterocycles. The summed E-state index contributed by atoms with van der Waals surface area (Å²) in [4.78, 5) is 1.44. The molecular formula is C13H18OS. The zero-order chi connectivity index (χ0) is 10.7. The fraction of sp³-hybridized carbons (Fsp3) is 0.538. The Morgan fingerprint density at radius 1 is 1.40 bits per heavy atom. The average Bonchev–Trinajstić information content (AvgIpc) is 2.62. The molecule has 1 aliphatic rings. The average molecular weight is 222 g/mol. The van der Waals surface area contributed by atoms with Crippen LogP contribution in [0.5, 0.6) is 0 Å². The number of rotatable bonds is 4. The third-order valence-corrected chi connectivity index (χ3v) is 3.82. The molecule has 15 heavy (non-hydrogen) atoms. The van der Waals surface area contributed by atoms with E-state index in [0.717, 1.165) is 13.2 Å². The van der Waals surface area contributed by atoms with E-state index in [1.54, 1.807) is 0 Å². The van der Waals surface area contributed by atoms with E-state index in [0.29, 0.717) is 11.8 Å². The molecular weight excluding hydrogens is 204 g/mol. The first-order valence-corrected chi connectivity index (χ1v) is 6.55. The van der Waals surface area contributed by atoms with Crippen LogP contribution >= 0.6 is 11.8 Å². The van der Waals surface area contributed by atoms with Gasteiger partial charge < -0.3 is 4.74 Å². The molecule has 1 atom stereocenters. The third kappa shape index (κ3) is 2.76. The van der Waals surface area contributed by atoms with Gasteiger partial charge in [0.2, 0.25) is 0 Å². The number of fused-ring (bicyclic) bond motifs is 1. The number of benzene rings is 1. The number of thioether (sulfide) groups is 1. The second-order valence-electron chi connectivity index (χ2n) is 4.48. The molecule has 1 nitrogen and oxygen atoms in total. The maximum atomic E-state index is 5.72. The molecule has 0 saturated carbocycles. The minimum absolute atomic E-state index is 0.602. The van der Waals surface area contributed by atoms with Crippen LogP contribution in [0.3, 0.4) is 0 Å². The minimum Gasteiger partial charge on any atom is -0.381 e. The predicted octanol–water partition coefficient (Wildman–Crippen LogP) is 3.55. The van der Waals surface area contributed by atoms with E-state index in [1.165, 1.54) is 16.2 Å². The Morgan fingerprint density at radius 3 is 3.00 bits per heavy atom. The Labute approximate surface area is 96.2 Å². The molecule has 0 bridgehead atoms. The summed E-state index contributed by atoms with van der Waals surface area (Å²) in [6.07, 6.45) is 0. The molecule has 0 saturated heterocycles. The predicted molar refractivity (Wildman–Crippen MR) is 65.6 cm³/mol. The molecule has 0 aliphatic carbocycles. The summed E-state index contributed by atoms with van der Waals surface area (Å²) in [6.45, 7) is 6.14. The third-order valence-electron chi connectivity index (χ3n) is 2.57. The molecule has 0 N–H and O–H groups in total. The van der Waals surface area contributed by atoms with Crippen molar-refractivity contribution in [3.05, 3.63) is 29.8 Å². The topological polar surface area (TPSA) is 9.23 Å². The highest BCUT2D eigenvalue weighted by Gasteiger charge is 2.22. The van der Waals surface area contributed by atoms with E-state index in [9.17, 15) is 0 Å². The summed E-state index contributed by atoms with van der Waals surface area (Å²) in [6, 6.07) is 8.69. The van der Waals surface area contributed by atoms with E-state index < -0.39 is 0 Å². The second-order valence-corrected chi connectivity index (χ2v) is 5.54. The molecule has 1 aromatic carbocycles. The van der Waals surface area contributed by atoms with Crippen LogP contribution in [0, 0.1) is 5.92 Å². The van der Waals surface area contributed by atoms with Crippen LogP contribution < -0.4 is 0 Å². The summed E-state index contributed by atoms with van der Waals surface area (Å²) in [5.74, 6) is 2.41. The normalized spacial score (nSPS) is 19.5. The van der Waals surface area contributed by atoms with Crippen molar-refractivity contribution in [1.82, 2.24) is 0 Å². The Kier molecular flexibility index (Phi) is 3.71. The zero-order valence-corrected chi connectivity index (χ0v) is 10.2. The Hall–Kier alpha value is -0.470. The Balaban J connectivity index is 1.90. The summed E-state index contributed by atoms with van der Waals surface area (Å²) in [5, 5.41) is 0. The van der Waals surface area contributed by atoms with Crippen molar-refractivity contribution in [1.29, 1.82) is 0 Å². The molecule has 82 valence electrons. The van der Waals surface area contributed by atoms with Crippen molar-refractivity contribution in [2.24, 2.45) is 5.92 Å². The lowest BCUT2D eigenvalue weighted by Gasteiger charge is -2.12. The molecule has 2 heteroatoms. The van der Waals surface area contributed by atoms with Gasteiger partial charge in [0.25, 0.3) is 0 Å². The van der Waals surface area contributed by atoms with Crippen molar-refractivity contribution in [3.8, 4) is 0 Å². The lowest BCUT2D eigenvalue weighted by molar-refractivity contribution is 0.101. The van der Waals surface area contributed by atoms with E-state index >= 15 is 0 Å². The van der Waals surface area contributed by atoms with Crippen LogP contribution in [0.1, 0.15) is 25.3 Å². The summed E-state index contributed by atoms with van der Waals surface area (Å²) in [5.41, 5.74) is 1.48. The maximum Gasteiger partial charge on any atom is 0.0543 e. The van der Waals surface area contributed by atoms with Crippen molar-refractivity contribution in [2.45, 2.75) is 24.7 Å². The first-order valence-electron chi connectivity index (χ1n) is 5.57. The summed E-state index contributed by atoms with van der Waals surface area (Å²) in [7, 11) is 0. The van der Waals surface area contributed by atoms with Gasteiger partial charge in [0.15, 0.2) is 0 Å². The first-order chi connectivity index (χ1) is 7.27. The highest BCUT2D eigenvalue weighted by atomic mass is 32.2. The summed E-state index contributed by atoms with van der Waals surface area (Å²) >= 11 is 1.95. The minimum atomic E-state index is 0.602. The fourth-order valence-electron chi connectivity index (χ4n) is 1.81. The van der Waals surface area contributed by atoms with E-state index in [-0.39, 0.29) is 0 Å². The molecule has 1 heterocycles. The van der Waals surface area contributed by atoms with E-state index in [1.807, 2.05) is 11.8 Å². The van der Waals surface area contributed by atoms with Crippen molar-refractivity contribution in [3.63, 3.8) is 0 Å². The molecule has 1 aliphatic heterocycles. The van der Waals surface area contributed by atoms with Gasteiger partial charge in [0.05, 0.1) is 6.61 Å². The van der Waals surface area contributed by atoms with Crippen LogP contribution in [0.15, 0.2) is 29.2 Å². The molecule has 0 fully saturated rings. The molecule has 1 unspecified atom stereocenters. The first kappa shape index (κ1) is 11.0. The van der Waals surface area contributed by atoms with Crippen LogP contribution in [-0.2, 0) is 4.74 Å². The second kappa shape index (κ2) is 5.04. The molecule has 0 spiro atoms. The standard InChI is InChI=1S/C13H18OS/c1-10(2)7-14-8-11-9-15-13-6-4-3-5-12(11)13/h3-6,10-11H,7-9H2,1-2H3. The van der Waals surface area contributed by atoms with Gasteiger partial charge in [-0.05, 0) is 17.5 Å². The van der Waals surface area contributed by atoms with Gasteiger partial charge in [-0.15, -0.1) is 11.8 Å².